The number of aryl methyl sites for hydroxylation is 2. The molecule has 1 aromatic carbocycles. The maximum absolute atomic E-state index is 11.9. The topological polar surface area (TPSA) is 117 Å². The Labute approximate surface area is 190 Å². The Morgan fingerprint density at radius 3 is 2.91 bits per heavy atom. The number of amides is 1. The van der Waals surface area contributed by atoms with E-state index in [1.54, 1.807) is 23.7 Å². The number of ether oxygens (including phenoxy) is 1. The lowest BCUT2D eigenvalue weighted by Gasteiger charge is -2.19. The van der Waals surface area contributed by atoms with Crippen LogP contribution in [0.15, 0.2) is 18.5 Å². The van der Waals surface area contributed by atoms with Crippen molar-refractivity contribution < 1.29 is 9.53 Å². The number of aromatic nitrogens is 2. The number of benzene rings is 1. The Kier molecular flexibility index (Phi) is 5.65. The van der Waals surface area contributed by atoms with Crippen LogP contribution in [0.1, 0.15) is 41.7 Å². The van der Waals surface area contributed by atoms with E-state index in [1.165, 1.54) is 29.5 Å². The molecule has 5 rings (SSSR count). The van der Waals surface area contributed by atoms with Gasteiger partial charge in [-0.05, 0) is 43.7 Å². The first-order valence-corrected chi connectivity index (χ1v) is 11.8. The Bertz CT molecular complexity index is 1190. The lowest BCUT2D eigenvalue weighted by atomic mass is 9.97. The van der Waals surface area contributed by atoms with Crippen molar-refractivity contribution in [1.29, 1.82) is 5.41 Å². The summed E-state index contributed by atoms with van der Waals surface area (Å²) in [4.78, 5) is 25.1. The van der Waals surface area contributed by atoms with Crippen LogP contribution >= 0.6 is 11.3 Å². The molecule has 0 saturated carbocycles. The molecule has 8 nitrogen and oxygen atoms in total. The van der Waals surface area contributed by atoms with Gasteiger partial charge in [-0.15, -0.1) is 11.3 Å². The number of anilines is 3. The third-order valence-corrected chi connectivity index (χ3v) is 7.34. The van der Waals surface area contributed by atoms with E-state index in [1.807, 2.05) is 11.0 Å². The normalized spacial score (nSPS) is 15.8. The van der Waals surface area contributed by atoms with Crippen LogP contribution in [0, 0.1) is 5.41 Å². The molecule has 1 amide bonds. The summed E-state index contributed by atoms with van der Waals surface area (Å²) in [5.74, 6) is 1.50. The maximum atomic E-state index is 11.9. The zero-order chi connectivity index (χ0) is 22.1. The second-order valence-electron chi connectivity index (χ2n) is 8.19. The molecule has 1 fully saturated rings. The Morgan fingerprint density at radius 2 is 2.09 bits per heavy atom. The van der Waals surface area contributed by atoms with E-state index >= 15 is 0 Å². The molecule has 0 bridgehead atoms. The van der Waals surface area contributed by atoms with Crippen molar-refractivity contribution in [2.24, 2.45) is 0 Å². The molecule has 0 unspecified atom stereocenters. The number of carbonyl (C=O) groups is 1. The van der Waals surface area contributed by atoms with Crippen LogP contribution in [0.2, 0.25) is 0 Å². The predicted octanol–water partition coefficient (Wildman–Crippen LogP) is 3.89. The highest BCUT2D eigenvalue weighted by molar-refractivity contribution is 7.19. The van der Waals surface area contributed by atoms with Crippen molar-refractivity contribution in [1.82, 2.24) is 14.9 Å². The van der Waals surface area contributed by atoms with Crippen LogP contribution in [0.4, 0.5) is 17.2 Å². The Balaban J connectivity index is 1.45. The van der Waals surface area contributed by atoms with Crippen LogP contribution in [0.5, 0.6) is 5.75 Å². The third kappa shape index (κ3) is 3.88. The molecule has 0 spiro atoms. The molecule has 166 valence electrons. The SMILES string of the molecule is N=Cc1cc(Nc2ncnc3sc4c(c23)CCCC4)c(OCCN2CCCC2=O)cc1N. The largest absolute Gasteiger partial charge is 0.489 e. The van der Waals surface area contributed by atoms with Gasteiger partial charge < -0.3 is 26.1 Å². The van der Waals surface area contributed by atoms with E-state index in [0.717, 1.165) is 41.8 Å². The first-order valence-electron chi connectivity index (χ1n) is 11.0. The number of nitrogen functional groups attached to an aromatic ring is 1. The van der Waals surface area contributed by atoms with Gasteiger partial charge in [-0.25, -0.2) is 9.97 Å². The highest BCUT2D eigenvalue weighted by Crippen LogP contribution is 2.40. The average Bonchev–Trinajstić information content (AvgIpc) is 3.38. The van der Waals surface area contributed by atoms with Gasteiger partial charge in [-0.1, -0.05) is 0 Å². The summed E-state index contributed by atoms with van der Waals surface area (Å²) >= 11 is 1.75. The second-order valence-corrected chi connectivity index (χ2v) is 9.28. The smallest absolute Gasteiger partial charge is 0.222 e. The fourth-order valence-electron chi connectivity index (χ4n) is 4.47. The van der Waals surface area contributed by atoms with E-state index in [2.05, 4.69) is 15.3 Å². The van der Waals surface area contributed by atoms with Gasteiger partial charge in [0.05, 0.1) is 17.6 Å². The Morgan fingerprint density at radius 1 is 1.22 bits per heavy atom. The Hall–Kier alpha value is -3.20. The molecule has 9 heteroatoms. The molecule has 0 atom stereocenters. The monoisotopic (exact) mass is 450 g/mol. The van der Waals surface area contributed by atoms with E-state index in [-0.39, 0.29) is 5.91 Å². The number of hydrogen-bond donors (Lipinski definition) is 3. The molecule has 1 aliphatic carbocycles. The highest BCUT2D eigenvalue weighted by atomic mass is 32.1. The number of hydrogen-bond acceptors (Lipinski definition) is 8. The van der Waals surface area contributed by atoms with Crippen LogP contribution in [0.25, 0.3) is 10.2 Å². The molecular weight excluding hydrogens is 424 g/mol. The van der Waals surface area contributed by atoms with E-state index < -0.39 is 0 Å². The summed E-state index contributed by atoms with van der Waals surface area (Å²) in [5.41, 5.74) is 9.24. The van der Waals surface area contributed by atoms with E-state index in [0.29, 0.717) is 42.3 Å². The van der Waals surface area contributed by atoms with Crippen molar-refractivity contribution in [3.05, 3.63) is 34.5 Å². The molecule has 3 heterocycles. The molecular formula is C23H26N6O2S. The molecule has 1 aliphatic heterocycles. The first-order chi connectivity index (χ1) is 15.6. The van der Waals surface area contributed by atoms with Crippen LogP contribution in [0.3, 0.4) is 0 Å². The lowest BCUT2D eigenvalue weighted by molar-refractivity contribution is -0.128. The number of rotatable bonds is 7. The molecule has 4 N–H and O–H groups in total. The van der Waals surface area contributed by atoms with Crippen molar-refractivity contribution in [3.63, 3.8) is 0 Å². The highest BCUT2D eigenvalue weighted by Gasteiger charge is 2.22. The zero-order valence-corrected chi connectivity index (χ0v) is 18.6. The van der Waals surface area contributed by atoms with Crippen molar-refractivity contribution >= 4 is 50.9 Å². The summed E-state index contributed by atoms with van der Waals surface area (Å²) in [6, 6.07) is 3.54. The molecule has 2 aliphatic rings. The predicted molar refractivity (Wildman–Crippen MR) is 127 cm³/mol. The number of likely N-dealkylation sites (tertiary alicyclic amines) is 1. The number of carbonyl (C=O) groups excluding carboxylic acids is 1. The fraction of sp³-hybridized carbons (Fsp3) is 0.391. The van der Waals surface area contributed by atoms with Crippen molar-refractivity contribution in [3.8, 4) is 5.75 Å². The van der Waals surface area contributed by atoms with Gasteiger partial charge in [0, 0.05) is 41.4 Å². The van der Waals surface area contributed by atoms with E-state index in [4.69, 9.17) is 15.9 Å². The average molecular weight is 451 g/mol. The van der Waals surface area contributed by atoms with Gasteiger partial charge in [0.2, 0.25) is 5.91 Å². The summed E-state index contributed by atoms with van der Waals surface area (Å²) in [6.07, 6.45) is 8.86. The minimum absolute atomic E-state index is 0.177. The molecule has 1 saturated heterocycles. The minimum atomic E-state index is 0.177. The lowest BCUT2D eigenvalue weighted by Crippen LogP contribution is -2.29. The number of nitrogens with zero attached hydrogens (tertiary/aromatic N) is 3. The van der Waals surface area contributed by atoms with Gasteiger partial charge in [0.15, 0.2) is 0 Å². The third-order valence-electron chi connectivity index (χ3n) is 6.14. The number of nitrogens with two attached hydrogens (primary N) is 1. The summed E-state index contributed by atoms with van der Waals surface area (Å²) in [7, 11) is 0. The second kappa shape index (κ2) is 8.74. The van der Waals surface area contributed by atoms with Gasteiger partial charge in [-0.2, -0.15) is 0 Å². The molecule has 0 radical (unpaired) electrons. The summed E-state index contributed by atoms with van der Waals surface area (Å²) in [5, 5.41) is 12.2. The van der Waals surface area contributed by atoms with Crippen LogP contribution in [-0.4, -0.2) is 46.7 Å². The molecule has 3 aromatic rings. The van der Waals surface area contributed by atoms with Crippen molar-refractivity contribution in [2.75, 3.05) is 30.7 Å². The van der Waals surface area contributed by atoms with Gasteiger partial charge in [-0.3, -0.25) is 4.79 Å². The van der Waals surface area contributed by atoms with Gasteiger partial charge in [0.25, 0.3) is 0 Å². The molecule has 2 aromatic heterocycles. The maximum Gasteiger partial charge on any atom is 0.222 e. The molecule has 32 heavy (non-hydrogen) atoms. The number of fused-ring (bicyclic) bond motifs is 3. The minimum Gasteiger partial charge on any atom is -0.489 e. The summed E-state index contributed by atoms with van der Waals surface area (Å²) < 4.78 is 6.05. The van der Waals surface area contributed by atoms with E-state index in [9.17, 15) is 4.79 Å². The van der Waals surface area contributed by atoms with Crippen LogP contribution < -0.4 is 15.8 Å². The van der Waals surface area contributed by atoms with Crippen molar-refractivity contribution in [2.45, 2.75) is 38.5 Å². The number of nitrogens with one attached hydrogen (secondary N) is 2. The first kappa shape index (κ1) is 20.7. The van der Waals surface area contributed by atoms with Gasteiger partial charge in [0.1, 0.15) is 29.3 Å². The summed E-state index contributed by atoms with van der Waals surface area (Å²) in [6.45, 7) is 1.70. The zero-order valence-electron chi connectivity index (χ0n) is 17.8. The van der Waals surface area contributed by atoms with Gasteiger partial charge >= 0.3 is 0 Å². The standard InChI is InChI=1S/C23H26N6O2S/c24-12-14-10-17(18(11-16(14)25)31-9-8-29-7-3-6-20(29)30)28-22-21-15-4-1-2-5-19(15)32-23(21)27-13-26-22/h10-13,24H,1-9,25H2,(H,26,27,28). The quantitative estimate of drug-likeness (QED) is 0.371. The fourth-order valence-corrected chi connectivity index (χ4v) is 5.70. The number of thiophene rings is 1. The van der Waals surface area contributed by atoms with Crippen LogP contribution in [-0.2, 0) is 17.6 Å².